The molecule has 2 N–H and O–H groups in total. The van der Waals surface area contributed by atoms with Gasteiger partial charge < -0.3 is 10.3 Å². The van der Waals surface area contributed by atoms with E-state index in [2.05, 4.69) is 19.0 Å². The smallest absolute Gasteiger partial charge is 0.270 e. The minimum atomic E-state index is -0.531. The van der Waals surface area contributed by atoms with Crippen LogP contribution in [0.25, 0.3) is 0 Å². The topological polar surface area (TPSA) is 69.1 Å². The van der Waals surface area contributed by atoms with Gasteiger partial charge in [-0.05, 0) is 12.8 Å². The zero-order valence-corrected chi connectivity index (χ0v) is 9.32. The van der Waals surface area contributed by atoms with E-state index in [9.17, 15) is 4.79 Å². The van der Waals surface area contributed by atoms with Gasteiger partial charge in [-0.25, -0.2) is 0 Å². The predicted molar refractivity (Wildman–Crippen MR) is 57.6 cm³/mol. The zero-order chi connectivity index (χ0) is 11.3. The van der Waals surface area contributed by atoms with Crippen molar-refractivity contribution in [3.8, 4) is 0 Å². The average Bonchev–Trinajstić information content (AvgIpc) is 2.66. The maximum absolute atomic E-state index is 10.9. The third kappa shape index (κ3) is 3.08. The molecular formula is C11H18N2O2. The van der Waals surface area contributed by atoms with Crippen LogP contribution < -0.4 is 5.73 Å². The van der Waals surface area contributed by atoms with E-state index in [1.807, 2.05) is 0 Å². The first-order valence-corrected chi connectivity index (χ1v) is 5.45. The monoisotopic (exact) mass is 210 g/mol. The van der Waals surface area contributed by atoms with Gasteiger partial charge >= 0.3 is 0 Å². The lowest BCUT2D eigenvalue weighted by atomic mass is 9.95. The normalized spacial score (nSPS) is 10.9. The Hall–Kier alpha value is -1.32. The Morgan fingerprint density at radius 3 is 2.47 bits per heavy atom. The Morgan fingerprint density at radius 1 is 1.47 bits per heavy atom. The third-order valence-electron chi connectivity index (χ3n) is 2.46. The van der Waals surface area contributed by atoms with Gasteiger partial charge in [-0.1, -0.05) is 31.8 Å². The third-order valence-corrected chi connectivity index (χ3v) is 2.46. The molecule has 0 aromatic carbocycles. The van der Waals surface area contributed by atoms with Crippen LogP contribution >= 0.6 is 0 Å². The summed E-state index contributed by atoms with van der Waals surface area (Å²) in [5, 5.41) is 3.65. The Bertz CT molecular complexity index is 314. The second-order valence-electron chi connectivity index (χ2n) is 3.75. The Balaban J connectivity index is 2.76. The van der Waals surface area contributed by atoms with Crippen LogP contribution in [0.2, 0.25) is 0 Å². The quantitative estimate of drug-likeness (QED) is 0.784. The second kappa shape index (κ2) is 5.53. The summed E-state index contributed by atoms with van der Waals surface area (Å²) in [6, 6.07) is 1.66. The molecule has 0 aliphatic heterocycles. The van der Waals surface area contributed by atoms with Crippen LogP contribution in [0, 0.1) is 0 Å². The number of nitrogens with two attached hydrogens (primary N) is 1. The van der Waals surface area contributed by atoms with Crippen molar-refractivity contribution in [1.82, 2.24) is 5.16 Å². The van der Waals surface area contributed by atoms with E-state index in [1.54, 1.807) is 6.07 Å². The zero-order valence-electron chi connectivity index (χ0n) is 9.32. The Labute approximate surface area is 89.8 Å². The minimum absolute atomic E-state index is 0.224. The maximum atomic E-state index is 10.9. The highest BCUT2D eigenvalue weighted by Crippen LogP contribution is 2.26. The average molecular weight is 210 g/mol. The van der Waals surface area contributed by atoms with Gasteiger partial charge in [0.05, 0.1) is 0 Å². The van der Waals surface area contributed by atoms with Crippen molar-refractivity contribution >= 4 is 5.91 Å². The van der Waals surface area contributed by atoms with E-state index in [-0.39, 0.29) is 5.69 Å². The lowest BCUT2D eigenvalue weighted by molar-refractivity contribution is 0.0991. The van der Waals surface area contributed by atoms with E-state index in [1.165, 1.54) is 0 Å². The van der Waals surface area contributed by atoms with Crippen molar-refractivity contribution in [3.63, 3.8) is 0 Å². The van der Waals surface area contributed by atoms with Crippen molar-refractivity contribution in [2.75, 3.05) is 0 Å². The van der Waals surface area contributed by atoms with E-state index < -0.39 is 5.91 Å². The van der Waals surface area contributed by atoms with Crippen molar-refractivity contribution in [1.29, 1.82) is 0 Å². The van der Waals surface area contributed by atoms with Gasteiger partial charge in [-0.15, -0.1) is 0 Å². The number of hydrogen-bond acceptors (Lipinski definition) is 3. The molecule has 0 saturated carbocycles. The summed E-state index contributed by atoms with van der Waals surface area (Å²) in [4.78, 5) is 10.9. The number of hydrogen-bond donors (Lipinski definition) is 1. The number of rotatable bonds is 6. The first-order chi connectivity index (χ1) is 7.19. The summed E-state index contributed by atoms with van der Waals surface area (Å²) in [6.07, 6.45) is 4.30. The van der Waals surface area contributed by atoms with Gasteiger partial charge in [-0.3, -0.25) is 4.79 Å². The summed E-state index contributed by atoms with van der Waals surface area (Å²) in [7, 11) is 0. The maximum Gasteiger partial charge on any atom is 0.270 e. The molecule has 4 heteroatoms. The standard InChI is InChI=1S/C11H18N2O2/c1-3-5-8(6-4-2)10-7-9(11(12)14)13-15-10/h7-8H,3-6H2,1-2H3,(H2,12,14). The van der Waals surface area contributed by atoms with Crippen molar-refractivity contribution in [2.24, 2.45) is 5.73 Å². The SMILES string of the molecule is CCCC(CCC)c1cc(C(N)=O)no1. The van der Waals surface area contributed by atoms with Crippen molar-refractivity contribution in [3.05, 3.63) is 17.5 Å². The molecular weight excluding hydrogens is 192 g/mol. The molecule has 0 aliphatic carbocycles. The molecule has 0 radical (unpaired) electrons. The molecule has 1 aromatic rings. The van der Waals surface area contributed by atoms with Crippen LogP contribution in [-0.4, -0.2) is 11.1 Å². The molecule has 0 saturated heterocycles. The molecule has 15 heavy (non-hydrogen) atoms. The van der Waals surface area contributed by atoms with E-state index >= 15 is 0 Å². The molecule has 0 bridgehead atoms. The summed E-state index contributed by atoms with van der Waals surface area (Å²) in [6.45, 7) is 4.27. The first kappa shape index (κ1) is 11.8. The molecule has 0 aliphatic rings. The lowest BCUT2D eigenvalue weighted by Gasteiger charge is -2.10. The second-order valence-corrected chi connectivity index (χ2v) is 3.75. The number of carbonyl (C=O) groups is 1. The molecule has 4 nitrogen and oxygen atoms in total. The molecule has 0 spiro atoms. The number of amides is 1. The predicted octanol–water partition coefficient (Wildman–Crippen LogP) is 2.46. The van der Waals surface area contributed by atoms with Crippen LogP contribution in [-0.2, 0) is 0 Å². The van der Waals surface area contributed by atoms with Crippen molar-refractivity contribution in [2.45, 2.75) is 45.4 Å². The number of nitrogens with zero attached hydrogens (tertiary/aromatic N) is 1. The lowest BCUT2D eigenvalue weighted by Crippen LogP contribution is -2.10. The molecule has 0 fully saturated rings. The van der Waals surface area contributed by atoms with Gasteiger partial charge in [-0.2, -0.15) is 0 Å². The summed E-state index contributed by atoms with van der Waals surface area (Å²) < 4.78 is 5.14. The van der Waals surface area contributed by atoms with Crippen LogP contribution in [0.4, 0.5) is 0 Å². The molecule has 1 aromatic heterocycles. The molecule has 0 unspecified atom stereocenters. The minimum Gasteiger partial charge on any atom is -0.364 e. The van der Waals surface area contributed by atoms with Crippen LogP contribution in [0.1, 0.15) is 61.7 Å². The fraction of sp³-hybridized carbons (Fsp3) is 0.636. The van der Waals surface area contributed by atoms with Crippen molar-refractivity contribution < 1.29 is 9.32 Å². The highest BCUT2D eigenvalue weighted by molar-refractivity contribution is 5.90. The number of carbonyl (C=O) groups excluding carboxylic acids is 1. The molecule has 1 amide bonds. The first-order valence-electron chi connectivity index (χ1n) is 5.45. The van der Waals surface area contributed by atoms with E-state index in [0.29, 0.717) is 5.92 Å². The summed E-state index contributed by atoms with van der Waals surface area (Å²) in [5.74, 6) is 0.616. The molecule has 0 atom stereocenters. The number of primary amides is 1. The highest BCUT2D eigenvalue weighted by Gasteiger charge is 2.17. The molecule has 1 rings (SSSR count). The van der Waals surface area contributed by atoms with Gasteiger partial charge in [0.25, 0.3) is 5.91 Å². The van der Waals surface area contributed by atoms with Gasteiger partial charge in [0.1, 0.15) is 5.76 Å². The largest absolute Gasteiger partial charge is 0.364 e. The van der Waals surface area contributed by atoms with E-state index in [4.69, 9.17) is 10.3 Å². The highest BCUT2D eigenvalue weighted by atomic mass is 16.5. The van der Waals surface area contributed by atoms with Crippen LogP contribution in [0.3, 0.4) is 0 Å². The fourth-order valence-corrected chi connectivity index (χ4v) is 1.72. The van der Waals surface area contributed by atoms with Crippen LogP contribution in [0.5, 0.6) is 0 Å². The van der Waals surface area contributed by atoms with E-state index in [0.717, 1.165) is 31.4 Å². The molecule has 84 valence electrons. The summed E-state index contributed by atoms with van der Waals surface area (Å²) in [5.41, 5.74) is 5.34. The van der Waals surface area contributed by atoms with Gasteiger partial charge in [0.15, 0.2) is 5.69 Å². The number of aromatic nitrogens is 1. The Morgan fingerprint density at radius 2 is 2.07 bits per heavy atom. The molecule has 1 heterocycles. The van der Waals surface area contributed by atoms with Gasteiger partial charge in [0.2, 0.25) is 0 Å². The fourth-order valence-electron chi connectivity index (χ4n) is 1.72. The Kier molecular flexibility index (Phi) is 4.34. The summed E-state index contributed by atoms with van der Waals surface area (Å²) >= 11 is 0. The van der Waals surface area contributed by atoms with Gasteiger partial charge in [0, 0.05) is 12.0 Å². The van der Waals surface area contributed by atoms with Crippen LogP contribution in [0.15, 0.2) is 10.6 Å².